The maximum Gasteiger partial charge on any atom is 0.276 e. The molecule has 0 radical (unpaired) electrons. The Morgan fingerprint density at radius 2 is 2.00 bits per heavy atom. The van der Waals surface area contributed by atoms with Gasteiger partial charge in [-0.2, -0.15) is 10.1 Å². The number of H-pyrrole nitrogens is 2. The van der Waals surface area contributed by atoms with E-state index in [9.17, 15) is 4.79 Å². The predicted octanol–water partition coefficient (Wildman–Crippen LogP) is 2.52. The van der Waals surface area contributed by atoms with Crippen molar-refractivity contribution in [2.24, 2.45) is 0 Å². The molecule has 9 nitrogen and oxygen atoms in total. The van der Waals surface area contributed by atoms with Gasteiger partial charge in [0.1, 0.15) is 11.4 Å². The van der Waals surface area contributed by atoms with E-state index in [2.05, 4.69) is 35.7 Å². The van der Waals surface area contributed by atoms with Crippen molar-refractivity contribution in [1.82, 2.24) is 30.4 Å². The molecule has 0 spiro atoms. The van der Waals surface area contributed by atoms with E-state index in [1.54, 1.807) is 31.6 Å². The first-order valence-corrected chi connectivity index (χ1v) is 8.07. The molecule has 0 unspecified atom stereocenters. The number of benzene rings is 1. The quantitative estimate of drug-likeness (QED) is 0.502. The van der Waals surface area contributed by atoms with E-state index >= 15 is 0 Å². The summed E-state index contributed by atoms with van der Waals surface area (Å²) in [4.78, 5) is 20.7. The number of anilines is 1. The molecular formula is C18H15N7O2. The molecule has 0 bridgehead atoms. The number of pyridine rings is 1. The second kappa shape index (κ2) is 7.08. The second-order valence-electron chi connectivity index (χ2n) is 5.57. The van der Waals surface area contributed by atoms with E-state index in [1.807, 2.05) is 30.3 Å². The number of aromatic nitrogens is 6. The number of amides is 1. The summed E-state index contributed by atoms with van der Waals surface area (Å²) >= 11 is 0. The van der Waals surface area contributed by atoms with Crippen molar-refractivity contribution in [1.29, 1.82) is 0 Å². The molecule has 4 rings (SSSR count). The molecule has 0 aliphatic carbocycles. The number of ether oxygens (including phenoxy) is 1. The first kappa shape index (κ1) is 16.5. The Kier molecular flexibility index (Phi) is 4.32. The van der Waals surface area contributed by atoms with Crippen LogP contribution in [-0.4, -0.2) is 43.4 Å². The van der Waals surface area contributed by atoms with Crippen molar-refractivity contribution in [3.63, 3.8) is 0 Å². The van der Waals surface area contributed by atoms with Gasteiger partial charge < -0.3 is 4.74 Å². The molecule has 0 atom stereocenters. The summed E-state index contributed by atoms with van der Waals surface area (Å²) in [5.41, 5.74) is 2.47. The Labute approximate surface area is 153 Å². The maximum atomic E-state index is 12.4. The van der Waals surface area contributed by atoms with Gasteiger partial charge >= 0.3 is 0 Å². The summed E-state index contributed by atoms with van der Waals surface area (Å²) in [5, 5.41) is 16.3. The monoisotopic (exact) mass is 361 g/mol. The van der Waals surface area contributed by atoms with Crippen LogP contribution in [0, 0.1) is 0 Å². The Hall–Kier alpha value is -4.01. The third-order valence-electron chi connectivity index (χ3n) is 3.85. The Bertz CT molecular complexity index is 1070. The van der Waals surface area contributed by atoms with Crippen LogP contribution in [0.4, 0.5) is 5.95 Å². The highest BCUT2D eigenvalue weighted by molar-refractivity contribution is 6.02. The lowest BCUT2D eigenvalue weighted by atomic mass is 10.2. The zero-order valence-electron chi connectivity index (χ0n) is 14.3. The minimum Gasteiger partial charge on any atom is -0.496 e. The van der Waals surface area contributed by atoms with Crippen LogP contribution in [-0.2, 0) is 0 Å². The molecule has 1 aromatic carbocycles. The minimum atomic E-state index is -0.400. The molecule has 4 aromatic rings. The van der Waals surface area contributed by atoms with Crippen molar-refractivity contribution in [3.05, 3.63) is 60.6 Å². The number of hydrogen-bond acceptors (Lipinski definition) is 6. The predicted molar refractivity (Wildman–Crippen MR) is 98.1 cm³/mol. The molecule has 3 heterocycles. The molecule has 0 aliphatic heterocycles. The van der Waals surface area contributed by atoms with E-state index in [-0.39, 0.29) is 11.6 Å². The van der Waals surface area contributed by atoms with Crippen molar-refractivity contribution in [2.45, 2.75) is 0 Å². The number of carbonyl (C=O) groups excluding carboxylic acids is 1. The Morgan fingerprint density at radius 1 is 1.11 bits per heavy atom. The number of para-hydroxylation sites is 1. The molecule has 27 heavy (non-hydrogen) atoms. The lowest BCUT2D eigenvalue weighted by molar-refractivity contribution is 0.102. The highest BCUT2D eigenvalue weighted by atomic mass is 16.5. The van der Waals surface area contributed by atoms with E-state index in [0.717, 1.165) is 11.1 Å². The van der Waals surface area contributed by atoms with Crippen LogP contribution >= 0.6 is 0 Å². The van der Waals surface area contributed by atoms with Crippen LogP contribution in [0.5, 0.6) is 5.75 Å². The molecule has 3 N–H and O–H groups in total. The lowest BCUT2D eigenvalue weighted by Gasteiger charge is -2.04. The summed E-state index contributed by atoms with van der Waals surface area (Å²) in [7, 11) is 1.58. The number of rotatable bonds is 5. The van der Waals surface area contributed by atoms with Gasteiger partial charge in [-0.15, -0.1) is 5.10 Å². The van der Waals surface area contributed by atoms with Gasteiger partial charge in [0.15, 0.2) is 5.82 Å². The zero-order chi connectivity index (χ0) is 18.6. The zero-order valence-corrected chi connectivity index (χ0v) is 14.3. The van der Waals surface area contributed by atoms with E-state index < -0.39 is 5.91 Å². The smallest absolute Gasteiger partial charge is 0.276 e. The van der Waals surface area contributed by atoms with Crippen LogP contribution < -0.4 is 10.1 Å². The third-order valence-corrected chi connectivity index (χ3v) is 3.85. The molecule has 0 aliphatic rings. The number of carbonyl (C=O) groups is 1. The van der Waals surface area contributed by atoms with E-state index in [4.69, 9.17) is 4.74 Å². The van der Waals surface area contributed by atoms with Gasteiger partial charge in [0, 0.05) is 18.0 Å². The fraction of sp³-hybridized carbons (Fsp3) is 0.0556. The average molecular weight is 361 g/mol. The molecule has 9 heteroatoms. The molecule has 3 aromatic heterocycles. The van der Waals surface area contributed by atoms with Crippen LogP contribution in [0.25, 0.3) is 22.6 Å². The fourth-order valence-electron chi connectivity index (χ4n) is 2.55. The van der Waals surface area contributed by atoms with Crippen LogP contribution in [0.15, 0.2) is 54.9 Å². The molecule has 0 fully saturated rings. The Morgan fingerprint density at radius 3 is 2.81 bits per heavy atom. The lowest BCUT2D eigenvalue weighted by Crippen LogP contribution is -2.13. The SMILES string of the molecule is COc1ccccc1-c1nc(NC(=O)c2cc(-c3cccnc3)n[nH]2)n[nH]1. The van der Waals surface area contributed by atoms with Gasteiger partial charge in [-0.05, 0) is 30.3 Å². The topological polar surface area (TPSA) is 121 Å². The number of aromatic amines is 2. The summed E-state index contributed by atoms with van der Waals surface area (Å²) in [6.07, 6.45) is 3.35. The molecular weight excluding hydrogens is 346 g/mol. The summed E-state index contributed by atoms with van der Waals surface area (Å²) in [6.45, 7) is 0. The molecule has 0 saturated heterocycles. The van der Waals surface area contributed by atoms with E-state index in [1.165, 1.54) is 0 Å². The van der Waals surface area contributed by atoms with Crippen molar-refractivity contribution < 1.29 is 9.53 Å². The van der Waals surface area contributed by atoms with Crippen LogP contribution in [0.1, 0.15) is 10.5 Å². The number of nitrogens with zero attached hydrogens (tertiary/aromatic N) is 4. The number of methoxy groups -OCH3 is 1. The van der Waals surface area contributed by atoms with Crippen molar-refractivity contribution in [2.75, 3.05) is 12.4 Å². The number of hydrogen-bond donors (Lipinski definition) is 3. The molecule has 0 saturated carbocycles. The highest BCUT2D eigenvalue weighted by Crippen LogP contribution is 2.27. The Balaban J connectivity index is 1.51. The maximum absolute atomic E-state index is 12.4. The first-order valence-electron chi connectivity index (χ1n) is 8.07. The van der Waals surface area contributed by atoms with E-state index in [0.29, 0.717) is 17.3 Å². The van der Waals surface area contributed by atoms with Crippen LogP contribution in [0.3, 0.4) is 0 Å². The van der Waals surface area contributed by atoms with Gasteiger partial charge in [0.05, 0.1) is 18.4 Å². The van der Waals surface area contributed by atoms with Crippen LogP contribution in [0.2, 0.25) is 0 Å². The molecule has 1 amide bonds. The van der Waals surface area contributed by atoms with Crippen molar-refractivity contribution in [3.8, 4) is 28.4 Å². The van der Waals surface area contributed by atoms with Gasteiger partial charge in [0.2, 0.25) is 5.95 Å². The highest BCUT2D eigenvalue weighted by Gasteiger charge is 2.15. The molecule has 134 valence electrons. The largest absolute Gasteiger partial charge is 0.496 e. The summed E-state index contributed by atoms with van der Waals surface area (Å²) < 4.78 is 5.31. The van der Waals surface area contributed by atoms with Crippen molar-refractivity contribution >= 4 is 11.9 Å². The minimum absolute atomic E-state index is 0.151. The fourth-order valence-corrected chi connectivity index (χ4v) is 2.55. The average Bonchev–Trinajstić information content (AvgIpc) is 3.38. The van der Waals surface area contributed by atoms with Gasteiger partial charge in [0.25, 0.3) is 5.91 Å². The third kappa shape index (κ3) is 3.38. The first-order chi connectivity index (χ1) is 13.2. The summed E-state index contributed by atoms with van der Waals surface area (Å²) in [5.74, 6) is 0.895. The van der Waals surface area contributed by atoms with Gasteiger partial charge in [-0.3, -0.25) is 25.3 Å². The number of nitrogens with one attached hydrogen (secondary N) is 3. The normalized spacial score (nSPS) is 10.6. The standard InChI is InChI=1S/C18H15N7O2/c1-27-15-7-3-2-6-12(15)16-20-18(25-24-16)21-17(26)14-9-13(22-23-14)11-5-4-8-19-10-11/h2-10H,1H3,(H,22,23)(H2,20,21,24,25,26). The van der Waals surface area contributed by atoms with Gasteiger partial charge in [-0.25, -0.2) is 0 Å². The van der Waals surface area contributed by atoms with Gasteiger partial charge in [-0.1, -0.05) is 12.1 Å². The summed E-state index contributed by atoms with van der Waals surface area (Å²) in [6, 6.07) is 12.7. The second-order valence-corrected chi connectivity index (χ2v) is 5.57.